The molecule has 29 heavy (non-hydrogen) atoms. The molecule has 158 valence electrons. The number of aliphatic imine (C=N–C) groups is 1. The first-order chi connectivity index (χ1) is 14.0. The van der Waals surface area contributed by atoms with Crippen molar-refractivity contribution in [2.75, 3.05) is 6.54 Å². The first-order valence-electron chi connectivity index (χ1n) is 10.3. The maximum absolute atomic E-state index is 13.1. The predicted octanol–water partition coefficient (Wildman–Crippen LogP) is 3.10. The molecule has 0 radical (unpaired) electrons. The molecule has 1 aliphatic carbocycles. The molecule has 1 aromatic carbocycles. The number of rotatable bonds is 7. The molecule has 1 fully saturated rings. The molecule has 1 aliphatic rings. The molecule has 1 aromatic heterocycles. The third-order valence-electron chi connectivity index (χ3n) is 5.22. The Morgan fingerprint density at radius 1 is 1.24 bits per heavy atom. The number of guanidine groups is 1. The van der Waals surface area contributed by atoms with Crippen molar-refractivity contribution < 1.29 is 9.13 Å². The highest BCUT2D eigenvalue weighted by Gasteiger charge is 2.16. The van der Waals surface area contributed by atoms with Gasteiger partial charge < -0.3 is 19.9 Å². The number of ether oxygens (including phenoxy) is 1. The zero-order chi connectivity index (χ0) is 20.6. The van der Waals surface area contributed by atoms with E-state index in [0.717, 1.165) is 30.5 Å². The van der Waals surface area contributed by atoms with Crippen LogP contribution in [0, 0.1) is 12.7 Å². The molecule has 0 aliphatic heterocycles. The van der Waals surface area contributed by atoms with Crippen molar-refractivity contribution in [1.29, 1.82) is 0 Å². The molecule has 1 heterocycles. The Balaban J connectivity index is 1.59. The third kappa shape index (κ3) is 6.44. The van der Waals surface area contributed by atoms with E-state index in [9.17, 15) is 4.39 Å². The molecular formula is C21H31FN6O. The molecule has 0 spiro atoms. The molecule has 2 aromatic rings. The largest absolute Gasteiger partial charge is 0.489 e. The Kier molecular flexibility index (Phi) is 7.43. The standard InChI is InChI=1S/C21H31FN6O/c1-15(29-19-11-9-17(22)10-12-19)13-23-21(25-18-7-5-4-6-8-18)24-14-20-27-26-16(2)28(20)3/h9-12,15,18H,4-8,13-14H2,1-3H3,(H2,23,24,25). The van der Waals surface area contributed by atoms with Crippen molar-refractivity contribution in [2.45, 2.75) is 64.6 Å². The molecule has 1 unspecified atom stereocenters. The van der Waals surface area contributed by atoms with Crippen molar-refractivity contribution in [3.63, 3.8) is 0 Å². The molecule has 1 atom stereocenters. The third-order valence-corrected chi connectivity index (χ3v) is 5.22. The normalized spacial score (nSPS) is 16.5. The summed E-state index contributed by atoms with van der Waals surface area (Å²) >= 11 is 0. The van der Waals surface area contributed by atoms with Crippen molar-refractivity contribution in [3.8, 4) is 5.75 Å². The average Bonchev–Trinajstić information content (AvgIpc) is 3.04. The summed E-state index contributed by atoms with van der Waals surface area (Å²) in [5, 5.41) is 15.2. The van der Waals surface area contributed by atoms with Gasteiger partial charge in [-0.25, -0.2) is 9.38 Å². The second-order valence-electron chi connectivity index (χ2n) is 7.63. The van der Waals surface area contributed by atoms with Gasteiger partial charge >= 0.3 is 0 Å². The SMILES string of the molecule is Cc1nnc(CN=C(NCC(C)Oc2ccc(F)cc2)NC2CCCCC2)n1C. The van der Waals surface area contributed by atoms with E-state index in [2.05, 4.69) is 20.8 Å². The molecular weight excluding hydrogens is 371 g/mol. The number of halogens is 1. The number of nitrogens with one attached hydrogen (secondary N) is 2. The summed E-state index contributed by atoms with van der Waals surface area (Å²) in [7, 11) is 1.94. The molecule has 0 bridgehead atoms. The van der Waals surface area contributed by atoms with E-state index in [-0.39, 0.29) is 11.9 Å². The quantitative estimate of drug-likeness (QED) is 0.550. The van der Waals surface area contributed by atoms with Gasteiger partial charge in [-0.05, 0) is 51.0 Å². The lowest BCUT2D eigenvalue weighted by atomic mass is 9.96. The van der Waals surface area contributed by atoms with Crippen LogP contribution in [0.5, 0.6) is 5.75 Å². The average molecular weight is 403 g/mol. The highest BCUT2D eigenvalue weighted by molar-refractivity contribution is 5.80. The minimum absolute atomic E-state index is 0.101. The number of nitrogens with zero attached hydrogens (tertiary/aromatic N) is 4. The van der Waals surface area contributed by atoms with Crippen LogP contribution in [0.15, 0.2) is 29.3 Å². The fraction of sp³-hybridized carbons (Fsp3) is 0.571. The van der Waals surface area contributed by atoms with Gasteiger partial charge in [0.05, 0.1) is 6.54 Å². The van der Waals surface area contributed by atoms with Crippen molar-refractivity contribution in [3.05, 3.63) is 41.7 Å². The van der Waals surface area contributed by atoms with Crippen LogP contribution < -0.4 is 15.4 Å². The number of aryl methyl sites for hydroxylation is 1. The Bertz CT molecular complexity index is 798. The molecule has 2 N–H and O–H groups in total. The van der Waals surface area contributed by atoms with Gasteiger partial charge in [-0.1, -0.05) is 19.3 Å². The van der Waals surface area contributed by atoms with Gasteiger partial charge in [0.1, 0.15) is 30.0 Å². The smallest absolute Gasteiger partial charge is 0.192 e. The van der Waals surface area contributed by atoms with Gasteiger partial charge in [0.15, 0.2) is 11.8 Å². The zero-order valence-corrected chi connectivity index (χ0v) is 17.5. The van der Waals surface area contributed by atoms with Crippen LogP contribution in [0.1, 0.15) is 50.7 Å². The van der Waals surface area contributed by atoms with Crippen molar-refractivity contribution in [1.82, 2.24) is 25.4 Å². The molecule has 8 heteroatoms. The highest BCUT2D eigenvalue weighted by Crippen LogP contribution is 2.17. The minimum Gasteiger partial charge on any atom is -0.489 e. The molecule has 3 rings (SSSR count). The van der Waals surface area contributed by atoms with E-state index in [1.54, 1.807) is 12.1 Å². The lowest BCUT2D eigenvalue weighted by molar-refractivity contribution is 0.223. The molecule has 1 saturated carbocycles. The first kappa shape index (κ1) is 21.1. The van der Waals surface area contributed by atoms with Crippen LogP contribution in [0.25, 0.3) is 0 Å². The zero-order valence-electron chi connectivity index (χ0n) is 17.5. The second-order valence-corrected chi connectivity index (χ2v) is 7.63. The van der Waals surface area contributed by atoms with Gasteiger partial charge in [-0.15, -0.1) is 10.2 Å². The number of aromatic nitrogens is 3. The Morgan fingerprint density at radius 2 is 1.97 bits per heavy atom. The number of benzene rings is 1. The Labute approximate surface area is 171 Å². The first-order valence-corrected chi connectivity index (χ1v) is 10.3. The summed E-state index contributed by atoms with van der Waals surface area (Å²) in [6.45, 7) is 4.93. The van der Waals surface area contributed by atoms with E-state index in [1.807, 2.05) is 25.5 Å². The van der Waals surface area contributed by atoms with Crippen molar-refractivity contribution in [2.24, 2.45) is 12.0 Å². The van der Waals surface area contributed by atoms with Crippen LogP contribution in [-0.4, -0.2) is 39.4 Å². The van der Waals surface area contributed by atoms with Crippen LogP contribution in [0.2, 0.25) is 0 Å². The van der Waals surface area contributed by atoms with Gasteiger partial charge in [-0.3, -0.25) is 0 Å². The second kappa shape index (κ2) is 10.2. The molecule has 0 amide bonds. The van der Waals surface area contributed by atoms with E-state index in [0.29, 0.717) is 24.9 Å². The lowest BCUT2D eigenvalue weighted by Crippen LogP contribution is -2.46. The van der Waals surface area contributed by atoms with Gasteiger partial charge in [0.2, 0.25) is 0 Å². The maximum Gasteiger partial charge on any atom is 0.192 e. The van der Waals surface area contributed by atoms with Gasteiger partial charge in [0.25, 0.3) is 0 Å². The Morgan fingerprint density at radius 3 is 2.62 bits per heavy atom. The number of hydrogen-bond donors (Lipinski definition) is 2. The lowest BCUT2D eigenvalue weighted by Gasteiger charge is -2.26. The van der Waals surface area contributed by atoms with Crippen molar-refractivity contribution >= 4 is 5.96 Å². The summed E-state index contributed by atoms with van der Waals surface area (Å²) in [5.74, 6) is 2.82. The van der Waals surface area contributed by atoms with E-state index < -0.39 is 0 Å². The minimum atomic E-state index is -0.270. The fourth-order valence-corrected chi connectivity index (χ4v) is 3.36. The van der Waals surface area contributed by atoms with Crippen LogP contribution in [0.4, 0.5) is 4.39 Å². The summed E-state index contributed by atoms with van der Waals surface area (Å²) in [4.78, 5) is 4.72. The highest BCUT2D eigenvalue weighted by atomic mass is 19.1. The summed E-state index contributed by atoms with van der Waals surface area (Å²) in [6.07, 6.45) is 6.01. The summed E-state index contributed by atoms with van der Waals surface area (Å²) < 4.78 is 20.9. The van der Waals surface area contributed by atoms with Gasteiger partial charge in [0, 0.05) is 13.1 Å². The predicted molar refractivity (Wildman–Crippen MR) is 111 cm³/mol. The van der Waals surface area contributed by atoms with Crippen LogP contribution >= 0.6 is 0 Å². The monoisotopic (exact) mass is 402 g/mol. The van der Waals surface area contributed by atoms with E-state index >= 15 is 0 Å². The fourth-order valence-electron chi connectivity index (χ4n) is 3.36. The molecule has 0 saturated heterocycles. The maximum atomic E-state index is 13.1. The van der Waals surface area contributed by atoms with E-state index in [4.69, 9.17) is 9.73 Å². The summed E-state index contributed by atoms with van der Waals surface area (Å²) in [5.41, 5.74) is 0. The van der Waals surface area contributed by atoms with E-state index in [1.165, 1.54) is 31.4 Å². The molecule has 7 nitrogen and oxygen atoms in total. The Hall–Kier alpha value is -2.64. The van der Waals surface area contributed by atoms with Crippen LogP contribution in [0.3, 0.4) is 0 Å². The van der Waals surface area contributed by atoms with Crippen LogP contribution in [-0.2, 0) is 13.6 Å². The number of hydrogen-bond acceptors (Lipinski definition) is 4. The topological polar surface area (TPSA) is 76.4 Å². The van der Waals surface area contributed by atoms with Gasteiger partial charge in [-0.2, -0.15) is 0 Å². The summed E-state index contributed by atoms with van der Waals surface area (Å²) in [6, 6.07) is 6.51.